The van der Waals surface area contributed by atoms with Crippen molar-refractivity contribution in [2.24, 2.45) is 11.3 Å². The molecule has 0 atom stereocenters. The Balaban J connectivity index is 2.13. The second-order valence-corrected chi connectivity index (χ2v) is 5.20. The zero-order valence-corrected chi connectivity index (χ0v) is 9.75. The van der Waals surface area contributed by atoms with Gasteiger partial charge in [-0.2, -0.15) is 0 Å². The largest absolute Gasteiger partial charge is 0.481 e. The van der Waals surface area contributed by atoms with Crippen LogP contribution >= 0.6 is 0 Å². The first-order chi connectivity index (χ1) is 7.96. The summed E-state index contributed by atoms with van der Waals surface area (Å²) in [6, 6.07) is 0. The maximum absolute atomic E-state index is 13.2. The number of alkyl halides is 2. The molecular weight excluding hydrogens is 230 g/mol. The van der Waals surface area contributed by atoms with Crippen molar-refractivity contribution in [3.05, 3.63) is 0 Å². The van der Waals surface area contributed by atoms with Crippen molar-refractivity contribution in [1.82, 2.24) is 0 Å². The zero-order chi connectivity index (χ0) is 12.5. The Morgan fingerprint density at radius 3 is 2.12 bits per heavy atom. The number of halogens is 2. The van der Waals surface area contributed by atoms with E-state index in [0.717, 1.165) is 0 Å². The molecule has 1 aliphatic carbocycles. The van der Waals surface area contributed by atoms with E-state index in [0.29, 0.717) is 26.1 Å². The molecule has 3 nitrogen and oxygen atoms in total. The fourth-order valence-electron chi connectivity index (χ4n) is 3.11. The van der Waals surface area contributed by atoms with Crippen LogP contribution in [0, 0.1) is 11.3 Å². The summed E-state index contributed by atoms with van der Waals surface area (Å²) in [5.74, 6) is -3.59. The molecule has 1 saturated carbocycles. The van der Waals surface area contributed by atoms with Gasteiger partial charge in [-0.25, -0.2) is 8.78 Å². The molecule has 0 amide bonds. The maximum atomic E-state index is 13.2. The van der Waals surface area contributed by atoms with Crippen molar-refractivity contribution in [2.45, 2.75) is 44.4 Å². The Labute approximate surface area is 99.1 Å². The lowest BCUT2D eigenvalue weighted by Crippen LogP contribution is -2.46. The second-order valence-electron chi connectivity index (χ2n) is 5.20. The molecule has 1 saturated heterocycles. The number of ether oxygens (including phenoxy) is 1. The van der Waals surface area contributed by atoms with Gasteiger partial charge in [-0.1, -0.05) is 0 Å². The van der Waals surface area contributed by atoms with Gasteiger partial charge in [0.15, 0.2) is 0 Å². The summed E-state index contributed by atoms with van der Waals surface area (Å²) in [6.45, 7) is 1.10. The highest BCUT2D eigenvalue weighted by atomic mass is 19.3. The SMILES string of the molecule is O=C(O)C1(C2CCOCC2)CCC(F)(F)CC1. The third-order valence-corrected chi connectivity index (χ3v) is 4.30. The molecule has 2 aliphatic rings. The summed E-state index contributed by atoms with van der Waals surface area (Å²) in [5.41, 5.74) is -0.939. The van der Waals surface area contributed by atoms with Gasteiger partial charge in [-0.15, -0.1) is 0 Å². The second kappa shape index (κ2) is 4.52. The van der Waals surface area contributed by atoms with Crippen molar-refractivity contribution in [3.63, 3.8) is 0 Å². The molecular formula is C12H18F2O3. The molecule has 0 radical (unpaired) electrons. The van der Waals surface area contributed by atoms with E-state index in [1.165, 1.54) is 0 Å². The van der Waals surface area contributed by atoms with Gasteiger partial charge < -0.3 is 9.84 Å². The average molecular weight is 248 g/mol. The van der Waals surface area contributed by atoms with Gasteiger partial charge in [0.2, 0.25) is 5.92 Å². The molecule has 2 rings (SSSR count). The summed E-state index contributed by atoms with van der Waals surface area (Å²) in [4.78, 5) is 11.5. The number of carboxylic acids is 1. The molecule has 1 N–H and O–H groups in total. The fourth-order valence-corrected chi connectivity index (χ4v) is 3.11. The van der Waals surface area contributed by atoms with Gasteiger partial charge >= 0.3 is 5.97 Å². The zero-order valence-electron chi connectivity index (χ0n) is 9.75. The fraction of sp³-hybridized carbons (Fsp3) is 0.917. The molecule has 0 unspecified atom stereocenters. The Morgan fingerprint density at radius 1 is 1.12 bits per heavy atom. The van der Waals surface area contributed by atoms with E-state index < -0.39 is 17.3 Å². The van der Waals surface area contributed by atoms with Gasteiger partial charge in [-0.3, -0.25) is 4.79 Å². The first kappa shape index (κ1) is 12.7. The number of carboxylic acid groups (broad SMARTS) is 1. The number of aliphatic carboxylic acids is 1. The average Bonchev–Trinajstić information content (AvgIpc) is 2.30. The Morgan fingerprint density at radius 2 is 1.65 bits per heavy atom. The highest BCUT2D eigenvalue weighted by Crippen LogP contribution is 2.50. The monoisotopic (exact) mass is 248 g/mol. The molecule has 0 bridgehead atoms. The van der Waals surface area contributed by atoms with Gasteiger partial charge in [-0.05, 0) is 31.6 Å². The maximum Gasteiger partial charge on any atom is 0.309 e. The smallest absolute Gasteiger partial charge is 0.309 e. The third-order valence-electron chi connectivity index (χ3n) is 4.30. The minimum atomic E-state index is -2.68. The number of carbonyl (C=O) groups is 1. The van der Waals surface area contributed by atoms with Crippen LogP contribution in [0.25, 0.3) is 0 Å². The van der Waals surface area contributed by atoms with Crippen LogP contribution in [0.1, 0.15) is 38.5 Å². The Kier molecular flexibility index (Phi) is 3.39. The van der Waals surface area contributed by atoms with E-state index >= 15 is 0 Å². The van der Waals surface area contributed by atoms with Crippen LogP contribution in [-0.2, 0) is 9.53 Å². The predicted octanol–water partition coefficient (Wildman–Crippen LogP) is 2.69. The summed E-state index contributed by atoms with van der Waals surface area (Å²) >= 11 is 0. The highest BCUT2D eigenvalue weighted by Gasteiger charge is 2.52. The third kappa shape index (κ3) is 2.44. The lowest BCUT2D eigenvalue weighted by Gasteiger charge is -2.43. The van der Waals surface area contributed by atoms with E-state index in [4.69, 9.17) is 4.74 Å². The quantitative estimate of drug-likeness (QED) is 0.817. The summed E-state index contributed by atoms with van der Waals surface area (Å²) in [5, 5.41) is 9.43. The van der Waals surface area contributed by atoms with Gasteiger partial charge in [0.05, 0.1) is 5.41 Å². The number of hydrogen-bond acceptors (Lipinski definition) is 2. The van der Waals surface area contributed by atoms with E-state index in [1.807, 2.05) is 0 Å². The molecule has 1 aliphatic heterocycles. The minimum absolute atomic E-state index is 0.00940. The van der Waals surface area contributed by atoms with Crippen LogP contribution < -0.4 is 0 Å². The van der Waals surface area contributed by atoms with Crippen LogP contribution in [0.4, 0.5) is 8.78 Å². The van der Waals surface area contributed by atoms with Crippen molar-refractivity contribution in [1.29, 1.82) is 0 Å². The minimum Gasteiger partial charge on any atom is -0.481 e. The number of hydrogen-bond donors (Lipinski definition) is 1. The van der Waals surface area contributed by atoms with Gasteiger partial charge in [0.25, 0.3) is 0 Å². The summed E-state index contributed by atoms with van der Waals surface area (Å²) in [6.07, 6.45) is 0.961. The van der Waals surface area contributed by atoms with Crippen LogP contribution in [0.5, 0.6) is 0 Å². The molecule has 0 aromatic heterocycles. The van der Waals surface area contributed by atoms with Crippen molar-refractivity contribution >= 4 is 5.97 Å². The van der Waals surface area contributed by atoms with Crippen molar-refractivity contribution in [2.75, 3.05) is 13.2 Å². The Hall–Kier alpha value is -0.710. The molecule has 1 heterocycles. The molecule has 5 heteroatoms. The predicted molar refractivity (Wildman–Crippen MR) is 57.0 cm³/mol. The van der Waals surface area contributed by atoms with E-state index in [9.17, 15) is 18.7 Å². The standard InChI is InChI=1S/C12H18F2O3/c13-12(14)5-3-11(4-6-12,10(15)16)9-1-7-17-8-2-9/h9H,1-8H2,(H,15,16). The molecule has 0 aromatic rings. The lowest BCUT2D eigenvalue weighted by atomic mass is 9.63. The van der Waals surface area contributed by atoms with Crippen LogP contribution in [-0.4, -0.2) is 30.2 Å². The lowest BCUT2D eigenvalue weighted by molar-refractivity contribution is -0.166. The molecule has 98 valence electrons. The van der Waals surface area contributed by atoms with E-state index in [2.05, 4.69) is 0 Å². The first-order valence-corrected chi connectivity index (χ1v) is 6.15. The normalized spacial score (nSPS) is 28.8. The van der Waals surface area contributed by atoms with Crippen molar-refractivity contribution < 1.29 is 23.4 Å². The topological polar surface area (TPSA) is 46.5 Å². The molecule has 17 heavy (non-hydrogen) atoms. The van der Waals surface area contributed by atoms with Gasteiger partial charge in [0.1, 0.15) is 0 Å². The molecule has 0 aromatic carbocycles. The van der Waals surface area contributed by atoms with E-state index in [1.54, 1.807) is 0 Å². The van der Waals surface area contributed by atoms with Crippen molar-refractivity contribution in [3.8, 4) is 0 Å². The van der Waals surface area contributed by atoms with Crippen LogP contribution in [0.3, 0.4) is 0 Å². The first-order valence-electron chi connectivity index (χ1n) is 6.15. The van der Waals surface area contributed by atoms with Crippen LogP contribution in [0.2, 0.25) is 0 Å². The molecule has 2 fully saturated rings. The molecule has 0 spiro atoms. The summed E-state index contributed by atoms with van der Waals surface area (Å²) < 4.78 is 31.5. The van der Waals surface area contributed by atoms with Crippen LogP contribution in [0.15, 0.2) is 0 Å². The highest BCUT2D eigenvalue weighted by molar-refractivity contribution is 5.75. The summed E-state index contributed by atoms with van der Waals surface area (Å²) in [7, 11) is 0. The Bertz CT molecular complexity index is 288. The van der Waals surface area contributed by atoms with E-state index in [-0.39, 0.29) is 31.6 Å². The number of rotatable bonds is 2. The van der Waals surface area contributed by atoms with Gasteiger partial charge in [0, 0.05) is 26.1 Å².